The van der Waals surface area contributed by atoms with Crippen LogP contribution in [-0.4, -0.2) is 38.3 Å². The molecule has 0 saturated heterocycles. The molecule has 1 N–H and O–H groups in total. The summed E-state index contributed by atoms with van der Waals surface area (Å²) in [7, 11) is 1.52. The number of ether oxygens (including phenoxy) is 4. The van der Waals surface area contributed by atoms with E-state index in [1.165, 1.54) is 14.0 Å². The van der Waals surface area contributed by atoms with Crippen LogP contribution in [0.2, 0.25) is 0 Å². The summed E-state index contributed by atoms with van der Waals surface area (Å²) in [6.45, 7) is 5.55. The highest BCUT2D eigenvalue weighted by Crippen LogP contribution is 2.25. The highest BCUT2D eigenvalue weighted by molar-refractivity contribution is 5.96. The molecular weight excluding hydrogens is 362 g/mol. The lowest BCUT2D eigenvalue weighted by Crippen LogP contribution is -2.31. The van der Waals surface area contributed by atoms with E-state index in [1.54, 1.807) is 36.4 Å². The maximum atomic E-state index is 12.3. The van der Waals surface area contributed by atoms with Crippen molar-refractivity contribution in [2.75, 3.05) is 25.6 Å². The third-order valence-corrected chi connectivity index (χ3v) is 3.78. The number of anilines is 1. The molecule has 7 heteroatoms. The van der Waals surface area contributed by atoms with Crippen LogP contribution in [0.1, 0.15) is 19.4 Å². The number of hydrogen-bond donors (Lipinski definition) is 1. The number of amides is 1. The standard InChI is InChI=1S/C21H25NO6/c1-5-26-16-7-9-17(10-8-16)27-13-20(23)28-15(3)21(24)22-18-12-14(2)6-11-19(18)25-4/h6-12,15H,5,13H2,1-4H3,(H,22,24)/t15-/m0/s1. The van der Waals surface area contributed by atoms with Gasteiger partial charge in [0.25, 0.3) is 5.91 Å². The fourth-order valence-corrected chi connectivity index (χ4v) is 2.38. The summed E-state index contributed by atoms with van der Waals surface area (Å²) in [5, 5.41) is 2.70. The van der Waals surface area contributed by atoms with Crippen LogP contribution < -0.4 is 19.5 Å². The lowest BCUT2D eigenvalue weighted by molar-refractivity contribution is -0.155. The van der Waals surface area contributed by atoms with Crippen molar-refractivity contribution >= 4 is 17.6 Å². The minimum atomic E-state index is -0.985. The van der Waals surface area contributed by atoms with Gasteiger partial charge in [-0.15, -0.1) is 0 Å². The van der Waals surface area contributed by atoms with E-state index >= 15 is 0 Å². The number of aryl methyl sites for hydroxylation is 1. The molecule has 2 rings (SSSR count). The molecule has 0 unspecified atom stereocenters. The maximum absolute atomic E-state index is 12.3. The fraction of sp³-hybridized carbons (Fsp3) is 0.333. The molecule has 0 radical (unpaired) electrons. The van der Waals surface area contributed by atoms with Gasteiger partial charge in [0.05, 0.1) is 19.4 Å². The van der Waals surface area contributed by atoms with E-state index in [4.69, 9.17) is 18.9 Å². The van der Waals surface area contributed by atoms with Crippen LogP contribution in [0.25, 0.3) is 0 Å². The molecule has 0 saturated carbocycles. The Morgan fingerprint density at radius 1 is 1.04 bits per heavy atom. The van der Waals surface area contributed by atoms with E-state index in [1.807, 2.05) is 19.9 Å². The molecule has 1 amide bonds. The van der Waals surface area contributed by atoms with Gasteiger partial charge in [0, 0.05) is 0 Å². The molecule has 1 atom stereocenters. The van der Waals surface area contributed by atoms with Crippen LogP contribution in [0.3, 0.4) is 0 Å². The average molecular weight is 387 g/mol. The molecule has 7 nitrogen and oxygen atoms in total. The van der Waals surface area contributed by atoms with E-state index in [-0.39, 0.29) is 6.61 Å². The van der Waals surface area contributed by atoms with Gasteiger partial charge in [0.1, 0.15) is 17.2 Å². The zero-order valence-corrected chi connectivity index (χ0v) is 16.5. The van der Waals surface area contributed by atoms with Crippen molar-refractivity contribution < 1.29 is 28.5 Å². The maximum Gasteiger partial charge on any atom is 0.344 e. The Morgan fingerprint density at radius 2 is 1.68 bits per heavy atom. The van der Waals surface area contributed by atoms with E-state index in [9.17, 15) is 9.59 Å². The summed E-state index contributed by atoms with van der Waals surface area (Å²) in [5.74, 6) is 0.638. The van der Waals surface area contributed by atoms with Gasteiger partial charge >= 0.3 is 5.97 Å². The second kappa shape index (κ2) is 10.2. The third kappa shape index (κ3) is 6.19. The summed E-state index contributed by atoms with van der Waals surface area (Å²) in [6.07, 6.45) is -0.985. The molecular formula is C21H25NO6. The zero-order valence-electron chi connectivity index (χ0n) is 16.5. The second-order valence-corrected chi connectivity index (χ2v) is 6.02. The number of benzene rings is 2. The first-order valence-corrected chi connectivity index (χ1v) is 8.93. The molecule has 0 fully saturated rings. The molecule has 0 aliphatic rings. The number of nitrogens with one attached hydrogen (secondary N) is 1. The first kappa shape index (κ1) is 21.1. The molecule has 0 aliphatic heterocycles. The van der Waals surface area contributed by atoms with Crippen molar-refractivity contribution in [1.29, 1.82) is 0 Å². The van der Waals surface area contributed by atoms with Crippen molar-refractivity contribution in [3.63, 3.8) is 0 Å². The van der Waals surface area contributed by atoms with Crippen molar-refractivity contribution in [2.45, 2.75) is 26.9 Å². The largest absolute Gasteiger partial charge is 0.495 e. The highest BCUT2D eigenvalue weighted by atomic mass is 16.6. The predicted molar refractivity (Wildman–Crippen MR) is 105 cm³/mol. The fourth-order valence-electron chi connectivity index (χ4n) is 2.38. The number of carbonyl (C=O) groups is 2. The molecule has 2 aromatic rings. The first-order chi connectivity index (χ1) is 13.4. The molecule has 0 aliphatic carbocycles. The minimum Gasteiger partial charge on any atom is -0.495 e. The lowest BCUT2D eigenvalue weighted by atomic mass is 10.2. The van der Waals surface area contributed by atoms with E-state index < -0.39 is 18.0 Å². The molecule has 0 spiro atoms. The Kier molecular flexibility index (Phi) is 7.68. The lowest BCUT2D eigenvalue weighted by Gasteiger charge is -2.16. The Hall–Kier alpha value is -3.22. The van der Waals surface area contributed by atoms with Gasteiger partial charge in [-0.3, -0.25) is 4.79 Å². The summed E-state index contributed by atoms with van der Waals surface area (Å²) >= 11 is 0. The van der Waals surface area contributed by atoms with Gasteiger partial charge in [-0.2, -0.15) is 0 Å². The number of methoxy groups -OCH3 is 1. The molecule has 0 bridgehead atoms. The van der Waals surface area contributed by atoms with E-state index in [0.717, 1.165) is 5.56 Å². The van der Waals surface area contributed by atoms with Crippen LogP contribution in [0.15, 0.2) is 42.5 Å². The monoisotopic (exact) mass is 387 g/mol. The van der Waals surface area contributed by atoms with Gasteiger partial charge in [-0.25, -0.2) is 4.79 Å². The molecule has 0 heterocycles. The topological polar surface area (TPSA) is 83.1 Å². The van der Waals surface area contributed by atoms with Gasteiger partial charge < -0.3 is 24.3 Å². The molecule has 28 heavy (non-hydrogen) atoms. The van der Waals surface area contributed by atoms with E-state index in [2.05, 4.69) is 5.32 Å². The summed E-state index contributed by atoms with van der Waals surface area (Å²) < 4.78 is 21.1. The van der Waals surface area contributed by atoms with Crippen molar-refractivity contribution in [2.24, 2.45) is 0 Å². The van der Waals surface area contributed by atoms with Crippen LogP contribution in [0, 0.1) is 6.92 Å². The average Bonchev–Trinajstić information content (AvgIpc) is 2.68. The van der Waals surface area contributed by atoms with Crippen molar-refractivity contribution in [3.05, 3.63) is 48.0 Å². The van der Waals surface area contributed by atoms with Gasteiger partial charge in [0.2, 0.25) is 0 Å². The Balaban J connectivity index is 1.84. The number of carbonyl (C=O) groups excluding carboxylic acids is 2. The SMILES string of the molecule is CCOc1ccc(OCC(=O)O[C@@H](C)C(=O)Nc2cc(C)ccc2OC)cc1. The highest BCUT2D eigenvalue weighted by Gasteiger charge is 2.19. The summed E-state index contributed by atoms with van der Waals surface area (Å²) in [5.41, 5.74) is 1.48. The number of hydrogen-bond acceptors (Lipinski definition) is 6. The van der Waals surface area contributed by atoms with Gasteiger partial charge in [-0.1, -0.05) is 6.07 Å². The van der Waals surface area contributed by atoms with Crippen LogP contribution in [0.4, 0.5) is 5.69 Å². The minimum absolute atomic E-state index is 0.306. The first-order valence-electron chi connectivity index (χ1n) is 8.93. The Labute approximate surface area is 164 Å². The van der Waals surface area contributed by atoms with Crippen LogP contribution in [0.5, 0.6) is 17.2 Å². The molecule has 150 valence electrons. The van der Waals surface area contributed by atoms with Crippen LogP contribution >= 0.6 is 0 Å². The number of rotatable bonds is 9. The number of esters is 1. The van der Waals surface area contributed by atoms with E-state index in [0.29, 0.717) is 29.5 Å². The van der Waals surface area contributed by atoms with Crippen LogP contribution in [-0.2, 0) is 14.3 Å². The zero-order chi connectivity index (χ0) is 20.5. The third-order valence-electron chi connectivity index (χ3n) is 3.78. The van der Waals surface area contributed by atoms with Crippen molar-refractivity contribution in [3.8, 4) is 17.2 Å². The summed E-state index contributed by atoms with van der Waals surface area (Å²) in [4.78, 5) is 24.3. The smallest absolute Gasteiger partial charge is 0.344 e. The second-order valence-electron chi connectivity index (χ2n) is 6.02. The summed E-state index contributed by atoms with van der Waals surface area (Å²) in [6, 6.07) is 12.3. The normalized spacial score (nSPS) is 11.3. The van der Waals surface area contributed by atoms with Crippen molar-refractivity contribution in [1.82, 2.24) is 0 Å². The molecule has 2 aromatic carbocycles. The Morgan fingerprint density at radius 3 is 2.29 bits per heavy atom. The Bertz CT molecular complexity index is 803. The molecule has 0 aromatic heterocycles. The van der Waals surface area contributed by atoms with Gasteiger partial charge in [0.15, 0.2) is 12.7 Å². The van der Waals surface area contributed by atoms with Gasteiger partial charge in [-0.05, 0) is 62.7 Å². The quantitative estimate of drug-likeness (QED) is 0.665. The predicted octanol–water partition coefficient (Wildman–Crippen LogP) is 3.35.